The van der Waals surface area contributed by atoms with Crippen LogP contribution in [0.2, 0.25) is 0 Å². The zero-order chi connectivity index (χ0) is 15.1. The van der Waals surface area contributed by atoms with E-state index in [0.29, 0.717) is 5.92 Å². The summed E-state index contributed by atoms with van der Waals surface area (Å²) >= 11 is 0. The van der Waals surface area contributed by atoms with Crippen molar-refractivity contribution in [2.75, 3.05) is 18.5 Å². The third-order valence-corrected chi connectivity index (χ3v) is 4.78. The highest BCUT2D eigenvalue weighted by Crippen LogP contribution is 2.40. The Kier molecular flexibility index (Phi) is 3.41. The van der Waals surface area contributed by atoms with Crippen LogP contribution in [-0.4, -0.2) is 32.5 Å². The Hall–Kier alpha value is -1.82. The van der Waals surface area contributed by atoms with Gasteiger partial charge in [-0.15, -0.1) is 0 Å². The topological polar surface area (TPSA) is 56.9 Å². The Balaban J connectivity index is 1.42. The van der Waals surface area contributed by atoms with Crippen LogP contribution in [0.3, 0.4) is 0 Å². The van der Waals surface area contributed by atoms with E-state index in [1.165, 1.54) is 18.5 Å². The van der Waals surface area contributed by atoms with Crippen molar-refractivity contribution in [3.05, 3.63) is 30.0 Å². The Morgan fingerprint density at radius 1 is 1.32 bits per heavy atom. The highest BCUT2D eigenvalue weighted by atomic mass is 16.5. The molecule has 4 rings (SSSR count). The van der Waals surface area contributed by atoms with Crippen LogP contribution in [0.4, 0.5) is 5.82 Å². The molecule has 0 unspecified atom stereocenters. The first-order chi connectivity index (χ1) is 10.7. The fourth-order valence-corrected chi connectivity index (χ4v) is 3.34. The van der Waals surface area contributed by atoms with Gasteiger partial charge in [0.05, 0.1) is 0 Å². The number of hydrogen-bond acceptors (Lipinski definition) is 4. The van der Waals surface area contributed by atoms with E-state index >= 15 is 0 Å². The number of anilines is 1. The van der Waals surface area contributed by atoms with Gasteiger partial charge in [-0.25, -0.2) is 4.98 Å². The molecule has 1 saturated carbocycles. The lowest BCUT2D eigenvalue weighted by Crippen LogP contribution is -2.20. The average molecular weight is 301 g/mol. The van der Waals surface area contributed by atoms with Crippen LogP contribution >= 0.6 is 0 Å². The number of aromatic nitrogens is 4. The fraction of sp³-hybridized carbons (Fsp3) is 0.625. The van der Waals surface area contributed by atoms with E-state index in [4.69, 9.17) is 4.74 Å². The predicted octanol–water partition coefficient (Wildman–Crippen LogP) is 2.22. The molecule has 2 atom stereocenters. The first kappa shape index (κ1) is 13.8. The summed E-state index contributed by atoms with van der Waals surface area (Å²) in [5.74, 6) is 3.16. The van der Waals surface area contributed by atoms with E-state index in [1.807, 2.05) is 31.2 Å². The number of hydrogen-bond donors (Lipinski definition) is 1. The molecule has 0 amide bonds. The Morgan fingerprint density at radius 2 is 2.18 bits per heavy atom. The van der Waals surface area contributed by atoms with Gasteiger partial charge in [0.2, 0.25) is 0 Å². The Bertz CT molecular complexity index is 657. The summed E-state index contributed by atoms with van der Waals surface area (Å²) in [5.41, 5.74) is 1.35. The number of nitrogens with zero attached hydrogens (tertiary/aromatic N) is 4. The van der Waals surface area contributed by atoms with Crippen molar-refractivity contribution in [2.24, 2.45) is 20.0 Å². The van der Waals surface area contributed by atoms with Crippen molar-refractivity contribution in [3.63, 3.8) is 0 Å². The molecule has 2 aromatic rings. The van der Waals surface area contributed by atoms with Crippen LogP contribution in [0.15, 0.2) is 18.5 Å². The summed E-state index contributed by atoms with van der Waals surface area (Å²) in [6, 6.07) is 2.20. The average Bonchev–Trinajstić information content (AvgIpc) is 2.91. The lowest BCUT2D eigenvalue weighted by Gasteiger charge is -2.18. The van der Waals surface area contributed by atoms with Crippen molar-refractivity contribution in [1.82, 2.24) is 19.3 Å². The maximum Gasteiger partial charge on any atom is 0.148 e. The van der Waals surface area contributed by atoms with Gasteiger partial charge in [0.25, 0.3) is 0 Å². The maximum absolute atomic E-state index is 5.91. The Morgan fingerprint density at radius 3 is 2.91 bits per heavy atom. The maximum atomic E-state index is 5.91. The van der Waals surface area contributed by atoms with Crippen molar-refractivity contribution in [3.8, 4) is 0 Å². The molecule has 2 aliphatic rings. The molecule has 2 aromatic heterocycles. The quantitative estimate of drug-likeness (QED) is 0.920. The van der Waals surface area contributed by atoms with Gasteiger partial charge in [-0.3, -0.25) is 4.68 Å². The van der Waals surface area contributed by atoms with E-state index < -0.39 is 0 Å². The highest BCUT2D eigenvalue weighted by molar-refractivity contribution is 5.38. The molecule has 0 radical (unpaired) electrons. The molecule has 0 spiro atoms. The molecule has 22 heavy (non-hydrogen) atoms. The van der Waals surface area contributed by atoms with Crippen LogP contribution in [0, 0.1) is 5.92 Å². The minimum Gasteiger partial charge on any atom is -0.370 e. The molecule has 6 heteroatoms. The summed E-state index contributed by atoms with van der Waals surface area (Å²) in [6.07, 6.45) is 7.56. The Labute approximate surface area is 130 Å². The number of imidazole rings is 1. The molecule has 2 fully saturated rings. The monoisotopic (exact) mass is 301 g/mol. The van der Waals surface area contributed by atoms with E-state index in [1.54, 1.807) is 0 Å². The number of nitrogens with one attached hydrogen (secondary N) is 1. The van der Waals surface area contributed by atoms with Crippen LogP contribution in [0.25, 0.3) is 0 Å². The van der Waals surface area contributed by atoms with Crippen LogP contribution in [0.5, 0.6) is 0 Å². The SMILES string of the molecule is Cn1ccnc1[C@@H]1OCC[C@H]1CNc1cc(C2CC2)n(C)n1. The lowest BCUT2D eigenvalue weighted by atomic mass is 10.0. The third kappa shape index (κ3) is 2.52. The minimum absolute atomic E-state index is 0.0825. The largest absolute Gasteiger partial charge is 0.370 e. The van der Waals surface area contributed by atoms with Crippen molar-refractivity contribution in [2.45, 2.75) is 31.3 Å². The molecule has 6 nitrogen and oxygen atoms in total. The van der Waals surface area contributed by atoms with Crippen LogP contribution < -0.4 is 5.32 Å². The molecule has 118 valence electrons. The molecule has 3 heterocycles. The van der Waals surface area contributed by atoms with Crippen molar-refractivity contribution < 1.29 is 4.74 Å². The van der Waals surface area contributed by atoms with Gasteiger partial charge >= 0.3 is 0 Å². The van der Waals surface area contributed by atoms with E-state index in [2.05, 4.69) is 26.0 Å². The van der Waals surface area contributed by atoms with Gasteiger partial charge < -0.3 is 14.6 Å². The van der Waals surface area contributed by atoms with E-state index in [-0.39, 0.29) is 6.10 Å². The second-order valence-corrected chi connectivity index (χ2v) is 6.47. The molecule has 1 aliphatic carbocycles. The molecule has 0 aromatic carbocycles. The van der Waals surface area contributed by atoms with Crippen molar-refractivity contribution >= 4 is 5.82 Å². The highest BCUT2D eigenvalue weighted by Gasteiger charge is 2.32. The normalized spacial score (nSPS) is 24.8. The third-order valence-electron chi connectivity index (χ3n) is 4.78. The molecule has 1 N–H and O–H groups in total. The summed E-state index contributed by atoms with van der Waals surface area (Å²) in [5, 5.41) is 8.07. The lowest BCUT2D eigenvalue weighted by molar-refractivity contribution is 0.0839. The van der Waals surface area contributed by atoms with Gasteiger partial charge in [-0.05, 0) is 19.3 Å². The molecular formula is C16H23N5O. The number of rotatable bonds is 5. The van der Waals surface area contributed by atoms with Crippen LogP contribution in [0.1, 0.15) is 42.8 Å². The summed E-state index contributed by atoms with van der Waals surface area (Å²) < 4.78 is 9.97. The minimum atomic E-state index is 0.0825. The molecular weight excluding hydrogens is 278 g/mol. The van der Waals surface area contributed by atoms with Gasteiger partial charge in [0, 0.05) is 63.2 Å². The summed E-state index contributed by atoms with van der Waals surface area (Å²) in [7, 11) is 4.06. The van der Waals surface area contributed by atoms with E-state index in [9.17, 15) is 0 Å². The van der Waals surface area contributed by atoms with Crippen molar-refractivity contribution in [1.29, 1.82) is 0 Å². The fourth-order valence-electron chi connectivity index (χ4n) is 3.34. The van der Waals surface area contributed by atoms with Gasteiger partial charge in [0.1, 0.15) is 17.7 Å². The zero-order valence-electron chi connectivity index (χ0n) is 13.2. The summed E-state index contributed by atoms with van der Waals surface area (Å²) in [6.45, 7) is 1.68. The van der Waals surface area contributed by atoms with Gasteiger partial charge in [-0.1, -0.05) is 0 Å². The zero-order valence-corrected chi connectivity index (χ0v) is 13.2. The molecule has 1 aliphatic heterocycles. The van der Waals surface area contributed by atoms with Crippen LogP contribution in [-0.2, 0) is 18.8 Å². The molecule has 0 bridgehead atoms. The second kappa shape index (κ2) is 5.43. The standard InChI is InChI=1S/C16H23N5O/c1-20-7-6-17-16(20)15-12(5-8-22-15)10-18-14-9-13(11-3-4-11)21(2)19-14/h6-7,9,11-12,15H,3-5,8,10H2,1-2H3,(H,18,19)/t12-,15+/m0/s1. The number of aryl methyl sites for hydroxylation is 2. The summed E-state index contributed by atoms with van der Waals surface area (Å²) in [4.78, 5) is 4.44. The number of ether oxygens (including phenoxy) is 1. The van der Waals surface area contributed by atoms with Gasteiger partial charge in [0.15, 0.2) is 0 Å². The molecule has 1 saturated heterocycles. The first-order valence-corrected chi connectivity index (χ1v) is 8.09. The first-order valence-electron chi connectivity index (χ1n) is 8.09. The van der Waals surface area contributed by atoms with E-state index in [0.717, 1.165) is 37.1 Å². The predicted molar refractivity (Wildman–Crippen MR) is 83.7 cm³/mol. The van der Waals surface area contributed by atoms with Gasteiger partial charge in [-0.2, -0.15) is 5.10 Å². The second-order valence-electron chi connectivity index (χ2n) is 6.47. The smallest absolute Gasteiger partial charge is 0.148 e.